The SMILES string of the molecule is COc1ccc(Cn2c(-c3ccc(OC)cc3)cc(C(N)=O)c2C)cc1. The quantitative estimate of drug-likeness (QED) is 0.738. The lowest BCUT2D eigenvalue weighted by Gasteiger charge is -2.13. The molecule has 134 valence electrons. The van der Waals surface area contributed by atoms with E-state index in [1.807, 2.05) is 61.5 Å². The fourth-order valence-corrected chi connectivity index (χ4v) is 3.01. The maximum absolute atomic E-state index is 11.8. The first kappa shape index (κ1) is 17.6. The zero-order valence-electron chi connectivity index (χ0n) is 15.2. The van der Waals surface area contributed by atoms with E-state index in [9.17, 15) is 4.79 Å². The Labute approximate surface area is 153 Å². The highest BCUT2D eigenvalue weighted by Crippen LogP contribution is 2.28. The van der Waals surface area contributed by atoms with Crippen LogP contribution < -0.4 is 15.2 Å². The van der Waals surface area contributed by atoms with Gasteiger partial charge in [0.15, 0.2) is 0 Å². The van der Waals surface area contributed by atoms with Gasteiger partial charge in [0.1, 0.15) is 11.5 Å². The zero-order valence-corrected chi connectivity index (χ0v) is 15.2. The van der Waals surface area contributed by atoms with Crippen molar-refractivity contribution in [2.75, 3.05) is 14.2 Å². The van der Waals surface area contributed by atoms with Crippen LogP contribution in [0.5, 0.6) is 11.5 Å². The number of rotatable bonds is 6. The van der Waals surface area contributed by atoms with Gasteiger partial charge in [-0.15, -0.1) is 0 Å². The number of primary amides is 1. The fraction of sp³-hybridized carbons (Fsp3) is 0.190. The molecule has 1 aromatic heterocycles. The number of nitrogens with two attached hydrogens (primary N) is 1. The van der Waals surface area contributed by atoms with Crippen LogP contribution in [-0.4, -0.2) is 24.7 Å². The van der Waals surface area contributed by atoms with Gasteiger partial charge in [0.2, 0.25) is 0 Å². The van der Waals surface area contributed by atoms with Crippen molar-refractivity contribution in [2.24, 2.45) is 5.73 Å². The van der Waals surface area contributed by atoms with E-state index in [2.05, 4.69) is 4.57 Å². The van der Waals surface area contributed by atoms with Crippen molar-refractivity contribution in [1.29, 1.82) is 0 Å². The summed E-state index contributed by atoms with van der Waals surface area (Å²) in [5.74, 6) is 1.17. The Morgan fingerprint density at radius 1 is 0.962 bits per heavy atom. The maximum Gasteiger partial charge on any atom is 0.250 e. The van der Waals surface area contributed by atoms with E-state index < -0.39 is 5.91 Å². The maximum atomic E-state index is 11.8. The van der Waals surface area contributed by atoms with Crippen molar-refractivity contribution >= 4 is 5.91 Å². The lowest BCUT2D eigenvalue weighted by molar-refractivity contribution is 0.0999. The molecule has 1 amide bonds. The van der Waals surface area contributed by atoms with Gasteiger partial charge in [-0.05, 0) is 60.5 Å². The van der Waals surface area contributed by atoms with Crippen molar-refractivity contribution < 1.29 is 14.3 Å². The third-order valence-electron chi connectivity index (χ3n) is 4.52. The van der Waals surface area contributed by atoms with Gasteiger partial charge in [-0.1, -0.05) is 12.1 Å². The van der Waals surface area contributed by atoms with E-state index in [0.717, 1.165) is 34.0 Å². The Bertz CT molecular complexity index is 910. The summed E-state index contributed by atoms with van der Waals surface area (Å²) in [6.45, 7) is 2.54. The molecule has 0 saturated carbocycles. The predicted molar refractivity (Wildman–Crippen MR) is 102 cm³/mol. The molecule has 0 saturated heterocycles. The molecule has 0 spiro atoms. The molecule has 0 radical (unpaired) electrons. The van der Waals surface area contributed by atoms with E-state index in [-0.39, 0.29) is 0 Å². The lowest BCUT2D eigenvalue weighted by Crippen LogP contribution is -2.12. The zero-order chi connectivity index (χ0) is 18.7. The summed E-state index contributed by atoms with van der Waals surface area (Å²) in [5.41, 5.74) is 9.98. The van der Waals surface area contributed by atoms with Crippen molar-refractivity contribution in [2.45, 2.75) is 13.5 Å². The van der Waals surface area contributed by atoms with Crippen molar-refractivity contribution in [3.8, 4) is 22.8 Å². The van der Waals surface area contributed by atoms with E-state index in [1.165, 1.54) is 0 Å². The van der Waals surface area contributed by atoms with Crippen LogP contribution in [0, 0.1) is 6.92 Å². The van der Waals surface area contributed by atoms with Crippen LogP contribution in [0.1, 0.15) is 21.6 Å². The molecule has 3 rings (SSSR count). The van der Waals surface area contributed by atoms with Crippen LogP contribution in [0.2, 0.25) is 0 Å². The third-order valence-corrected chi connectivity index (χ3v) is 4.52. The van der Waals surface area contributed by atoms with Crippen LogP contribution in [0.3, 0.4) is 0 Å². The Hall–Kier alpha value is -3.21. The van der Waals surface area contributed by atoms with E-state index in [4.69, 9.17) is 15.2 Å². The standard InChI is InChI=1S/C21H22N2O3/c1-14-19(21(22)24)12-20(16-6-10-18(26-3)11-7-16)23(14)13-15-4-8-17(25-2)9-5-15/h4-12H,13H2,1-3H3,(H2,22,24). The highest BCUT2D eigenvalue weighted by Gasteiger charge is 2.17. The Morgan fingerprint density at radius 3 is 2.00 bits per heavy atom. The van der Waals surface area contributed by atoms with Crippen LogP contribution in [0.4, 0.5) is 0 Å². The van der Waals surface area contributed by atoms with Gasteiger partial charge in [0, 0.05) is 17.9 Å². The molecular weight excluding hydrogens is 328 g/mol. The summed E-state index contributed by atoms with van der Waals surface area (Å²) in [5, 5.41) is 0. The van der Waals surface area contributed by atoms with Gasteiger partial charge in [-0.25, -0.2) is 0 Å². The second-order valence-electron chi connectivity index (χ2n) is 6.06. The molecule has 0 bridgehead atoms. The number of carbonyl (C=O) groups excluding carboxylic acids is 1. The van der Waals surface area contributed by atoms with Crippen LogP contribution in [-0.2, 0) is 6.54 Å². The van der Waals surface area contributed by atoms with Crippen molar-refractivity contribution in [3.05, 3.63) is 71.4 Å². The number of hydrogen-bond donors (Lipinski definition) is 1. The monoisotopic (exact) mass is 350 g/mol. The average molecular weight is 350 g/mol. The number of hydrogen-bond acceptors (Lipinski definition) is 3. The summed E-state index contributed by atoms with van der Waals surface area (Å²) in [6.07, 6.45) is 0. The molecule has 0 unspecified atom stereocenters. The van der Waals surface area contributed by atoms with Crippen LogP contribution in [0.15, 0.2) is 54.6 Å². The summed E-state index contributed by atoms with van der Waals surface area (Å²) < 4.78 is 12.5. The molecule has 0 aliphatic rings. The topological polar surface area (TPSA) is 66.5 Å². The van der Waals surface area contributed by atoms with Gasteiger partial charge in [0.05, 0.1) is 19.8 Å². The smallest absolute Gasteiger partial charge is 0.250 e. The molecule has 26 heavy (non-hydrogen) atoms. The summed E-state index contributed by atoms with van der Waals surface area (Å²) in [6, 6.07) is 17.5. The molecule has 2 N–H and O–H groups in total. The molecule has 0 aliphatic heterocycles. The molecule has 1 heterocycles. The molecule has 5 heteroatoms. The first-order chi connectivity index (χ1) is 12.5. The number of methoxy groups -OCH3 is 2. The number of benzene rings is 2. The van der Waals surface area contributed by atoms with E-state index in [0.29, 0.717) is 12.1 Å². The minimum atomic E-state index is -0.425. The van der Waals surface area contributed by atoms with E-state index >= 15 is 0 Å². The molecule has 5 nitrogen and oxygen atoms in total. The molecular formula is C21H22N2O3. The van der Waals surface area contributed by atoms with E-state index in [1.54, 1.807) is 14.2 Å². The summed E-state index contributed by atoms with van der Waals surface area (Å²) in [7, 11) is 3.28. The second kappa shape index (κ2) is 7.35. The molecule has 3 aromatic rings. The van der Waals surface area contributed by atoms with Crippen molar-refractivity contribution in [1.82, 2.24) is 4.57 Å². The third kappa shape index (κ3) is 3.42. The predicted octanol–water partition coefficient (Wildman–Crippen LogP) is 3.63. The Kier molecular flexibility index (Phi) is 4.98. The van der Waals surface area contributed by atoms with Gasteiger partial charge >= 0.3 is 0 Å². The van der Waals surface area contributed by atoms with Gasteiger partial charge in [-0.2, -0.15) is 0 Å². The molecule has 2 aromatic carbocycles. The fourth-order valence-electron chi connectivity index (χ4n) is 3.01. The normalized spacial score (nSPS) is 10.6. The highest BCUT2D eigenvalue weighted by molar-refractivity contribution is 5.95. The highest BCUT2D eigenvalue weighted by atomic mass is 16.5. The molecule has 0 aliphatic carbocycles. The average Bonchev–Trinajstić information content (AvgIpc) is 2.99. The number of ether oxygens (including phenoxy) is 2. The summed E-state index contributed by atoms with van der Waals surface area (Å²) in [4.78, 5) is 11.8. The molecule has 0 fully saturated rings. The number of aromatic nitrogens is 1. The largest absolute Gasteiger partial charge is 0.497 e. The van der Waals surface area contributed by atoms with Gasteiger partial charge < -0.3 is 19.8 Å². The van der Waals surface area contributed by atoms with Crippen molar-refractivity contribution in [3.63, 3.8) is 0 Å². The lowest BCUT2D eigenvalue weighted by atomic mass is 10.1. The first-order valence-corrected chi connectivity index (χ1v) is 8.30. The molecule has 0 atom stereocenters. The summed E-state index contributed by atoms with van der Waals surface area (Å²) >= 11 is 0. The Balaban J connectivity index is 2.04. The number of carbonyl (C=O) groups is 1. The Morgan fingerprint density at radius 2 is 1.50 bits per heavy atom. The second-order valence-corrected chi connectivity index (χ2v) is 6.06. The minimum absolute atomic E-state index is 0.425. The van der Waals surface area contributed by atoms with Gasteiger partial charge in [-0.3, -0.25) is 4.79 Å². The van der Waals surface area contributed by atoms with Gasteiger partial charge in [0.25, 0.3) is 5.91 Å². The first-order valence-electron chi connectivity index (χ1n) is 8.30. The number of amides is 1. The minimum Gasteiger partial charge on any atom is -0.497 e. The van der Waals surface area contributed by atoms with Crippen LogP contribution >= 0.6 is 0 Å². The number of nitrogens with zero attached hydrogens (tertiary/aromatic N) is 1. The van der Waals surface area contributed by atoms with Crippen LogP contribution in [0.25, 0.3) is 11.3 Å².